The quantitative estimate of drug-likeness (QED) is 0.787. The zero-order valence-electron chi connectivity index (χ0n) is 9.66. The third-order valence-corrected chi connectivity index (χ3v) is 2.02. The van der Waals surface area contributed by atoms with Crippen molar-refractivity contribution in [2.24, 2.45) is 5.92 Å². The molecule has 0 aliphatic heterocycles. The van der Waals surface area contributed by atoms with E-state index in [1.807, 2.05) is 6.92 Å². The summed E-state index contributed by atoms with van der Waals surface area (Å²) in [6.07, 6.45) is 0. The van der Waals surface area contributed by atoms with E-state index in [-0.39, 0.29) is 5.56 Å². The van der Waals surface area contributed by atoms with Crippen LogP contribution in [0.5, 0.6) is 0 Å². The molecule has 0 aromatic carbocycles. The van der Waals surface area contributed by atoms with E-state index < -0.39 is 0 Å². The molecule has 4 heteroatoms. The third-order valence-electron chi connectivity index (χ3n) is 2.02. The summed E-state index contributed by atoms with van der Waals surface area (Å²) in [5.74, 6) is 0.435. The van der Waals surface area contributed by atoms with Crippen LogP contribution in [0.15, 0.2) is 16.9 Å². The van der Waals surface area contributed by atoms with Gasteiger partial charge in [0.1, 0.15) is 0 Å². The van der Waals surface area contributed by atoms with Crippen LogP contribution in [0, 0.1) is 5.92 Å². The number of rotatable bonds is 5. The SMILES string of the molecule is CCNCc1ccc(=O)n(CC(C)C)n1. The van der Waals surface area contributed by atoms with Gasteiger partial charge in [0, 0.05) is 19.2 Å². The molecular formula is C11H19N3O. The molecule has 0 bridgehead atoms. The Morgan fingerprint density at radius 1 is 1.47 bits per heavy atom. The molecule has 1 aromatic rings. The van der Waals surface area contributed by atoms with Crippen molar-refractivity contribution < 1.29 is 0 Å². The maximum absolute atomic E-state index is 11.5. The van der Waals surface area contributed by atoms with Gasteiger partial charge in [-0.05, 0) is 18.5 Å². The van der Waals surface area contributed by atoms with Gasteiger partial charge in [0.25, 0.3) is 5.56 Å². The first-order chi connectivity index (χ1) is 7.13. The normalized spacial score (nSPS) is 10.9. The highest BCUT2D eigenvalue weighted by molar-refractivity contribution is 4.99. The minimum absolute atomic E-state index is 0.0241. The predicted octanol–water partition coefficient (Wildman–Crippen LogP) is 1.01. The molecule has 0 unspecified atom stereocenters. The van der Waals surface area contributed by atoms with Crippen molar-refractivity contribution in [2.45, 2.75) is 33.9 Å². The van der Waals surface area contributed by atoms with Crippen LogP contribution < -0.4 is 10.9 Å². The maximum atomic E-state index is 11.5. The number of hydrogen-bond acceptors (Lipinski definition) is 3. The molecule has 0 radical (unpaired) electrons. The Hall–Kier alpha value is -1.16. The fraction of sp³-hybridized carbons (Fsp3) is 0.636. The first kappa shape index (κ1) is 11.9. The zero-order valence-corrected chi connectivity index (χ0v) is 9.66. The van der Waals surface area contributed by atoms with Crippen molar-refractivity contribution in [2.75, 3.05) is 6.54 Å². The monoisotopic (exact) mass is 209 g/mol. The highest BCUT2D eigenvalue weighted by atomic mass is 16.1. The van der Waals surface area contributed by atoms with Crippen LogP contribution in [-0.4, -0.2) is 16.3 Å². The van der Waals surface area contributed by atoms with E-state index in [1.165, 1.54) is 4.68 Å². The molecule has 15 heavy (non-hydrogen) atoms. The highest BCUT2D eigenvalue weighted by Gasteiger charge is 2.02. The van der Waals surface area contributed by atoms with Gasteiger partial charge in [0.05, 0.1) is 5.69 Å². The van der Waals surface area contributed by atoms with Crippen molar-refractivity contribution >= 4 is 0 Å². The van der Waals surface area contributed by atoms with Gasteiger partial charge in [0.15, 0.2) is 0 Å². The van der Waals surface area contributed by atoms with Gasteiger partial charge in [-0.3, -0.25) is 4.79 Å². The molecule has 4 nitrogen and oxygen atoms in total. The van der Waals surface area contributed by atoms with E-state index >= 15 is 0 Å². The molecule has 1 heterocycles. The van der Waals surface area contributed by atoms with Gasteiger partial charge in [-0.15, -0.1) is 0 Å². The summed E-state index contributed by atoms with van der Waals surface area (Å²) in [7, 11) is 0. The number of aromatic nitrogens is 2. The minimum Gasteiger partial charge on any atom is -0.311 e. The van der Waals surface area contributed by atoms with Gasteiger partial charge < -0.3 is 5.32 Å². The van der Waals surface area contributed by atoms with Crippen molar-refractivity contribution in [1.29, 1.82) is 0 Å². The van der Waals surface area contributed by atoms with Crippen LogP contribution in [0.4, 0.5) is 0 Å². The van der Waals surface area contributed by atoms with Crippen molar-refractivity contribution in [1.82, 2.24) is 15.1 Å². The molecule has 0 amide bonds. The Morgan fingerprint density at radius 3 is 2.80 bits per heavy atom. The van der Waals surface area contributed by atoms with Crippen LogP contribution in [0.2, 0.25) is 0 Å². The second kappa shape index (κ2) is 5.66. The smallest absolute Gasteiger partial charge is 0.266 e. The summed E-state index contributed by atoms with van der Waals surface area (Å²) in [4.78, 5) is 11.5. The molecule has 0 aliphatic rings. The van der Waals surface area contributed by atoms with Gasteiger partial charge >= 0.3 is 0 Å². The second-order valence-corrected chi connectivity index (χ2v) is 4.02. The molecule has 1 N–H and O–H groups in total. The van der Waals surface area contributed by atoms with Gasteiger partial charge in [0.2, 0.25) is 0 Å². The van der Waals surface area contributed by atoms with E-state index in [2.05, 4.69) is 24.3 Å². The Bertz CT molecular complexity index is 357. The lowest BCUT2D eigenvalue weighted by molar-refractivity contribution is 0.455. The molecule has 84 valence electrons. The molecule has 0 atom stereocenters. The Morgan fingerprint density at radius 2 is 2.20 bits per heavy atom. The first-order valence-electron chi connectivity index (χ1n) is 5.41. The van der Waals surface area contributed by atoms with Crippen LogP contribution in [0.25, 0.3) is 0 Å². The molecule has 0 aliphatic carbocycles. The fourth-order valence-electron chi connectivity index (χ4n) is 1.32. The molecule has 0 fully saturated rings. The lowest BCUT2D eigenvalue weighted by atomic mass is 10.2. The molecule has 1 rings (SSSR count). The van der Waals surface area contributed by atoms with E-state index in [9.17, 15) is 4.79 Å². The summed E-state index contributed by atoms with van der Waals surface area (Å²) < 4.78 is 1.54. The van der Waals surface area contributed by atoms with Crippen LogP contribution in [0.1, 0.15) is 26.5 Å². The lowest BCUT2D eigenvalue weighted by Gasteiger charge is -2.09. The van der Waals surface area contributed by atoms with Crippen molar-refractivity contribution in [3.8, 4) is 0 Å². The van der Waals surface area contributed by atoms with Crippen molar-refractivity contribution in [3.05, 3.63) is 28.2 Å². The van der Waals surface area contributed by atoms with E-state index in [4.69, 9.17) is 0 Å². The largest absolute Gasteiger partial charge is 0.311 e. The van der Waals surface area contributed by atoms with Gasteiger partial charge in [-0.25, -0.2) is 4.68 Å². The summed E-state index contributed by atoms with van der Waals surface area (Å²) in [6, 6.07) is 3.36. The highest BCUT2D eigenvalue weighted by Crippen LogP contribution is 1.96. The molecule has 0 spiro atoms. The summed E-state index contributed by atoms with van der Waals surface area (Å²) in [5, 5.41) is 7.48. The van der Waals surface area contributed by atoms with E-state index in [0.29, 0.717) is 12.5 Å². The molecule has 0 saturated heterocycles. The summed E-state index contributed by atoms with van der Waals surface area (Å²) in [5.41, 5.74) is 0.890. The molecular weight excluding hydrogens is 190 g/mol. The number of nitrogens with one attached hydrogen (secondary N) is 1. The van der Waals surface area contributed by atoms with E-state index in [0.717, 1.165) is 18.8 Å². The van der Waals surface area contributed by atoms with E-state index in [1.54, 1.807) is 12.1 Å². The fourth-order valence-corrected chi connectivity index (χ4v) is 1.32. The number of hydrogen-bond donors (Lipinski definition) is 1. The van der Waals surface area contributed by atoms with Crippen molar-refractivity contribution in [3.63, 3.8) is 0 Å². The number of nitrogens with zero attached hydrogens (tertiary/aromatic N) is 2. The average molecular weight is 209 g/mol. The maximum Gasteiger partial charge on any atom is 0.266 e. The predicted molar refractivity (Wildman–Crippen MR) is 60.7 cm³/mol. The minimum atomic E-state index is -0.0241. The van der Waals surface area contributed by atoms with Crippen LogP contribution in [0.3, 0.4) is 0 Å². The van der Waals surface area contributed by atoms with Gasteiger partial charge in [-0.2, -0.15) is 5.10 Å². The Kier molecular flexibility index (Phi) is 4.49. The average Bonchev–Trinajstić information content (AvgIpc) is 2.18. The Balaban J connectivity index is 2.80. The zero-order chi connectivity index (χ0) is 11.3. The standard InChI is InChI=1S/C11H19N3O/c1-4-12-7-10-5-6-11(15)14(13-10)8-9(2)3/h5-6,9,12H,4,7-8H2,1-3H3. The second-order valence-electron chi connectivity index (χ2n) is 4.02. The molecule has 1 aromatic heterocycles. The van der Waals surface area contributed by atoms with Gasteiger partial charge in [-0.1, -0.05) is 20.8 Å². The summed E-state index contributed by atoms with van der Waals surface area (Å²) >= 11 is 0. The summed E-state index contributed by atoms with van der Waals surface area (Å²) in [6.45, 7) is 8.50. The topological polar surface area (TPSA) is 46.9 Å². The molecule has 0 saturated carbocycles. The van der Waals surface area contributed by atoms with Crippen LogP contribution >= 0.6 is 0 Å². The first-order valence-corrected chi connectivity index (χ1v) is 5.41. The van der Waals surface area contributed by atoms with Crippen LogP contribution in [-0.2, 0) is 13.1 Å². The lowest BCUT2D eigenvalue weighted by Crippen LogP contribution is -2.26. The third kappa shape index (κ3) is 3.83. The Labute approximate surface area is 90.3 Å².